The molecule has 0 saturated carbocycles. The van der Waals surface area contributed by atoms with Gasteiger partial charge in [0.25, 0.3) is 0 Å². The second-order valence-corrected chi connectivity index (χ2v) is 4.32. The Bertz CT molecular complexity index is 485. The van der Waals surface area contributed by atoms with Crippen LogP contribution in [-0.2, 0) is 0 Å². The largest absolute Gasteiger partial charge is 0.320 e. The minimum absolute atomic E-state index is 0.288. The molecule has 1 atom stereocenters. The normalized spacial score (nSPS) is 12.4. The summed E-state index contributed by atoms with van der Waals surface area (Å²) in [7, 11) is 0. The third-order valence-corrected chi connectivity index (χ3v) is 3.31. The van der Waals surface area contributed by atoms with Crippen LogP contribution < -0.4 is 5.73 Å². The Morgan fingerprint density at radius 3 is 2.38 bits per heavy atom. The number of halogens is 2. The van der Waals surface area contributed by atoms with E-state index in [0.717, 1.165) is 11.1 Å². The number of hydrogen-bond acceptors (Lipinski definition) is 1. The molecule has 2 aromatic rings. The van der Waals surface area contributed by atoms with Crippen LogP contribution in [0.25, 0.3) is 0 Å². The zero-order valence-corrected chi connectivity index (χ0v) is 10.1. The molecule has 82 valence electrons. The van der Waals surface area contributed by atoms with E-state index < -0.39 is 0 Å². The summed E-state index contributed by atoms with van der Waals surface area (Å²) in [5, 5.41) is 0. The van der Waals surface area contributed by atoms with Gasteiger partial charge < -0.3 is 5.73 Å². The fourth-order valence-electron chi connectivity index (χ4n) is 1.60. The van der Waals surface area contributed by atoms with Gasteiger partial charge >= 0.3 is 0 Å². The Balaban J connectivity index is 2.42. The van der Waals surface area contributed by atoms with Crippen molar-refractivity contribution in [1.82, 2.24) is 0 Å². The highest BCUT2D eigenvalue weighted by Gasteiger charge is 2.13. The average molecular weight is 280 g/mol. The molecule has 1 unspecified atom stereocenters. The van der Waals surface area contributed by atoms with Gasteiger partial charge in [0.05, 0.1) is 10.5 Å². The molecular formula is C13H11BrFN. The molecular weight excluding hydrogens is 269 g/mol. The summed E-state index contributed by atoms with van der Waals surface area (Å²) in [4.78, 5) is 0. The van der Waals surface area contributed by atoms with Crippen molar-refractivity contribution < 1.29 is 4.39 Å². The van der Waals surface area contributed by atoms with E-state index in [1.165, 1.54) is 6.07 Å². The van der Waals surface area contributed by atoms with Crippen LogP contribution in [0.2, 0.25) is 0 Å². The number of nitrogens with two attached hydrogens (primary N) is 1. The van der Waals surface area contributed by atoms with Crippen LogP contribution in [0.4, 0.5) is 4.39 Å². The monoisotopic (exact) mass is 279 g/mol. The van der Waals surface area contributed by atoms with Gasteiger partial charge in [-0.3, -0.25) is 0 Å². The van der Waals surface area contributed by atoms with Crippen molar-refractivity contribution in [2.45, 2.75) is 6.04 Å². The van der Waals surface area contributed by atoms with Crippen molar-refractivity contribution in [3.8, 4) is 0 Å². The van der Waals surface area contributed by atoms with Crippen molar-refractivity contribution in [2.24, 2.45) is 5.73 Å². The van der Waals surface area contributed by atoms with Crippen molar-refractivity contribution in [3.05, 3.63) is 69.9 Å². The van der Waals surface area contributed by atoms with Crippen LogP contribution in [0.1, 0.15) is 17.2 Å². The second kappa shape index (κ2) is 4.76. The molecule has 1 nitrogen and oxygen atoms in total. The third-order valence-electron chi connectivity index (χ3n) is 2.48. The number of benzene rings is 2. The summed E-state index contributed by atoms with van der Waals surface area (Å²) in [6.07, 6.45) is 0. The maximum Gasteiger partial charge on any atom is 0.137 e. The van der Waals surface area contributed by atoms with Gasteiger partial charge in [-0.1, -0.05) is 42.5 Å². The molecule has 2 aromatic carbocycles. The summed E-state index contributed by atoms with van der Waals surface area (Å²) >= 11 is 3.22. The molecule has 0 heterocycles. The van der Waals surface area contributed by atoms with E-state index in [-0.39, 0.29) is 11.9 Å². The van der Waals surface area contributed by atoms with Gasteiger partial charge in [0.1, 0.15) is 5.82 Å². The van der Waals surface area contributed by atoms with Crippen LogP contribution >= 0.6 is 15.9 Å². The first-order chi connectivity index (χ1) is 7.70. The molecule has 2 N–H and O–H groups in total. The van der Waals surface area contributed by atoms with Gasteiger partial charge in [-0.25, -0.2) is 4.39 Å². The van der Waals surface area contributed by atoms with Crippen molar-refractivity contribution in [2.75, 3.05) is 0 Å². The summed E-state index contributed by atoms with van der Waals surface area (Å²) in [6.45, 7) is 0. The molecule has 0 fully saturated rings. The number of rotatable bonds is 2. The Morgan fingerprint density at radius 1 is 1.00 bits per heavy atom. The summed E-state index contributed by atoms with van der Waals surface area (Å²) in [6, 6.07) is 14.2. The Labute approximate surface area is 102 Å². The highest BCUT2D eigenvalue weighted by Crippen LogP contribution is 2.28. The van der Waals surface area contributed by atoms with Crippen LogP contribution in [0.3, 0.4) is 0 Å². The van der Waals surface area contributed by atoms with Gasteiger partial charge in [0, 0.05) is 0 Å². The highest BCUT2D eigenvalue weighted by molar-refractivity contribution is 9.10. The van der Waals surface area contributed by atoms with Crippen LogP contribution in [0, 0.1) is 5.82 Å². The first kappa shape index (κ1) is 11.3. The second-order valence-electron chi connectivity index (χ2n) is 3.53. The van der Waals surface area contributed by atoms with E-state index in [0.29, 0.717) is 4.47 Å². The van der Waals surface area contributed by atoms with E-state index in [1.54, 1.807) is 6.07 Å². The molecule has 0 radical (unpaired) electrons. The maximum atomic E-state index is 13.4. The molecule has 3 heteroatoms. The first-order valence-electron chi connectivity index (χ1n) is 4.94. The fourth-order valence-corrected chi connectivity index (χ4v) is 2.11. The lowest BCUT2D eigenvalue weighted by molar-refractivity contribution is 0.616. The molecule has 0 spiro atoms. The minimum Gasteiger partial charge on any atom is -0.320 e. The quantitative estimate of drug-likeness (QED) is 0.893. The molecule has 2 rings (SSSR count). The molecule has 0 aliphatic heterocycles. The molecule has 0 saturated heterocycles. The van der Waals surface area contributed by atoms with E-state index in [1.807, 2.05) is 36.4 Å². The summed E-state index contributed by atoms with van der Waals surface area (Å²) < 4.78 is 13.8. The average Bonchev–Trinajstić information content (AvgIpc) is 2.33. The van der Waals surface area contributed by atoms with Gasteiger partial charge in [-0.2, -0.15) is 0 Å². The minimum atomic E-state index is -0.314. The summed E-state index contributed by atoms with van der Waals surface area (Å²) in [5.74, 6) is -0.288. The van der Waals surface area contributed by atoms with Crippen molar-refractivity contribution >= 4 is 15.9 Å². The van der Waals surface area contributed by atoms with Crippen LogP contribution in [0.5, 0.6) is 0 Å². The van der Waals surface area contributed by atoms with Crippen LogP contribution in [-0.4, -0.2) is 0 Å². The SMILES string of the molecule is NC(c1ccccc1)c1cccc(F)c1Br. The van der Waals surface area contributed by atoms with Crippen molar-refractivity contribution in [3.63, 3.8) is 0 Å². The third kappa shape index (κ3) is 2.15. The van der Waals surface area contributed by atoms with Gasteiger partial charge in [-0.05, 0) is 33.1 Å². The zero-order valence-electron chi connectivity index (χ0n) is 8.53. The Morgan fingerprint density at radius 2 is 1.69 bits per heavy atom. The maximum absolute atomic E-state index is 13.4. The van der Waals surface area contributed by atoms with Crippen molar-refractivity contribution in [1.29, 1.82) is 0 Å². The predicted octanol–water partition coefficient (Wildman–Crippen LogP) is 3.64. The lowest BCUT2D eigenvalue weighted by Crippen LogP contribution is -2.12. The van der Waals surface area contributed by atoms with E-state index in [2.05, 4.69) is 15.9 Å². The smallest absolute Gasteiger partial charge is 0.137 e. The molecule has 0 bridgehead atoms. The zero-order chi connectivity index (χ0) is 11.5. The van der Waals surface area contributed by atoms with E-state index >= 15 is 0 Å². The Hall–Kier alpha value is -1.19. The highest BCUT2D eigenvalue weighted by atomic mass is 79.9. The van der Waals surface area contributed by atoms with E-state index in [4.69, 9.17) is 5.73 Å². The fraction of sp³-hybridized carbons (Fsp3) is 0.0769. The standard InChI is InChI=1S/C13H11BrFN/c14-12-10(7-4-8-11(12)15)13(16)9-5-2-1-3-6-9/h1-8,13H,16H2. The molecule has 0 amide bonds. The number of hydrogen-bond donors (Lipinski definition) is 1. The Kier molecular flexibility index (Phi) is 3.36. The molecule has 0 aliphatic rings. The molecule has 16 heavy (non-hydrogen) atoms. The van der Waals surface area contributed by atoms with Gasteiger partial charge in [0.2, 0.25) is 0 Å². The van der Waals surface area contributed by atoms with Crippen LogP contribution in [0.15, 0.2) is 53.0 Å². The predicted molar refractivity (Wildman–Crippen MR) is 66.6 cm³/mol. The summed E-state index contributed by atoms with van der Waals surface area (Å²) in [5.41, 5.74) is 7.81. The molecule has 0 aromatic heterocycles. The molecule has 0 aliphatic carbocycles. The topological polar surface area (TPSA) is 26.0 Å². The van der Waals surface area contributed by atoms with E-state index in [9.17, 15) is 4.39 Å². The first-order valence-corrected chi connectivity index (χ1v) is 5.74. The lowest BCUT2D eigenvalue weighted by Gasteiger charge is -2.14. The van der Waals surface area contributed by atoms with Gasteiger partial charge in [-0.15, -0.1) is 0 Å². The van der Waals surface area contributed by atoms with Gasteiger partial charge in [0.15, 0.2) is 0 Å². The lowest BCUT2D eigenvalue weighted by atomic mass is 10.00.